The first-order chi connectivity index (χ1) is 4.84. The smallest absolute Gasteiger partial charge is 0.0192 e. The number of hydrogen-bond donors (Lipinski definition) is 1. The van der Waals surface area contributed by atoms with Crippen molar-refractivity contribution in [1.82, 2.24) is 10.2 Å². The van der Waals surface area contributed by atoms with E-state index in [0.717, 1.165) is 12.6 Å². The maximum absolute atomic E-state index is 3.20. The van der Waals surface area contributed by atoms with Crippen LogP contribution in [0, 0.1) is 0 Å². The van der Waals surface area contributed by atoms with Crippen LogP contribution in [0.4, 0.5) is 0 Å². The number of hydrogen-bond acceptors (Lipinski definition) is 2. The Hall–Kier alpha value is 0.500. The van der Waals surface area contributed by atoms with Crippen molar-refractivity contribution in [3.05, 3.63) is 0 Å². The van der Waals surface area contributed by atoms with Crippen molar-refractivity contribution >= 4 is 24.8 Å². The lowest BCUT2D eigenvalue weighted by atomic mass is 10.3. The van der Waals surface area contributed by atoms with Crippen molar-refractivity contribution in [2.45, 2.75) is 25.8 Å². The van der Waals surface area contributed by atoms with Gasteiger partial charge in [0.25, 0.3) is 0 Å². The van der Waals surface area contributed by atoms with E-state index in [9.17, 15) is 0 Å². The van der Waals surface area contributed by atoms with Gasteiger partial charge in [-0.15, -0.1) is 24.8 Å². The van der Waals surface area contributed by atoms with Crippen molar-refractivity contribution in [3.8, 4) is 0 Å². The monoisotopic (exact) mass is 214 g/mol. The minimum Gasteiger partial charge on any atom is -0.318 e. The van der Waals surface area contributed by atoms with E-state index in [4.69, 9.17) is 0 Å². The topological polar surface area (TPSA) is 15.3 Å². The summed E-state index contributed by atoms with van der Waals surface area (Å²) in [4.78, 5) is 2.55. The van der Waals surface area contributed by atoms with Crippen LogP contribution in [0.25, 0.3) is 0 Å². The van der Waals surface area contributed by atoms with Crippen molar-refractivity contribution in [1.29, 1.82) is 0 Å². The Morgan fingerprint density at radius 2 is 1.75 bits per heavy atom. The molecule has 2 nitrogen and oxygen atoms in total. The van der Waals surface area contributed by atoms with Gasteiger partial charge in [-0.1, -0.05) is 0 Å². The third-order valence-electron chi connectivity index (χ3n) is 2.26. The Labute approximate surface area is 87.9 Å². The van der Waals surface area contributed by atoms with E-state index in [1.54, 1.807) is 0 Å². The molecule has 0 amide bonds. The third kappa shape index (κ3) is 4.51. The van der Waals surface area contributed by atoms with Crippen molar-refractivity contribution < 1.29 is 0 Å². The molecule has 12 heavy (non-hydrogen) atoms. The predicted molar refractivity (Wildman–Crippen MR) is 58.7 cm³/mol. The molecule has 0 spiro atoms. The highest BCUT2D eigenvalue weighted by atomic mass is 35.5. The molecule has 0 radical (unpaired) electrons. The lowest BCUT2D eigenvalue weighted by Gasteiger charge is -2.22. The fraction of sp³-hybridized carbons (Fsp3) is 1.00. The highest BCUT2D eigenvalue weighted by Gasteiger charge is 2.16. The summed E-state index contributed by atoms with van der Waals surface area (Å²) in [6.07, 6.45) is 2.79. The minimum absolute atomic E-state index is 0. The zero-order chi connectivity index (χ0) is 7.40. The Balaban J connectivity index is 0. The molecule has 1 atom stereocenters. The van der Waals surface area contributed by atoms with E-state index in [0.29, 0.717) is 0 Å². The normalized spacial score (nSPS) is 19.5. The molecular weight excluding hydrogens is 195 g/mol. The summed E-state index contributed by atoms with van der Waals surface area (Å²) in [5, 5.41) is 3.20. The van der Waals surface area contributed by atoms with Crippen LogP contribution in [0.2, 0.25) is 0 Å². The van der Waals surface area contributed by atoms with Gasteiger partial charge in [0.05, 0.1) is 0 Å². The number of likely N-dealkylation sites (N-methyl/N-ethyl adjacent to an activating group) is 1. The van der Waals surface area contributed by atoms with Crippen LogP contribution in [0.3, 0.4) is 0 Å². The van der Waals surface area contributed by atoms with Crippen molar-refractivity contribution in [2.24, 2.45) is 0 Å². The largest absolute Gasteiger partial charge is 0.318 e. The summed E-state index contributed by atoms with van der Waals surface area (Å²) in [6, 6.07) is 0.729. The number of halogens is 2. The number of likely N-dealkylation sites (tertiary alicyclic amines) is 1. The number of rotatable bonds is 3. The van der Waals surface area contributed by atoms with Gasteiger partial charge in [0.1, 0.15) is 0 Å². The van der Waals surface area contributed by atoms with Gasteiger partial charge in [0, 0.05) is 12.6 Å². The first-order valence-electron chi connectivity index (χ1n) is 4.23. The van der Waals surface area contributed by atoms with E-state index in [-0.39, 0.29) is 24.8 Å². The molecule has 1 unspecified atom stereocenters. The fourth-order valence-electron chi connectivity index (χ4n) is 1.61. The summed E-state index contributed by atoms with van der Waals surface area (Å²) in [6.45, 7) is 6.04. The third-order valence-corrected chi connectivity index (χ3v) is 2.26. The molecule has 0 saturated carbocycles. The Morgan fingerprint density at radius 3 is 2.17 bits per heavy atom. The van der Waals surface area contributed by atoms with Gasteiger partial charge in [-0.2, -0.15) is 0 Å². The quantitative estimate of drug-likeness (QED) is 0.768. The summed E-state index contributed by atoms with van der Waals surface area (Å²) in [5.41, 5.74) is 0. The van der Waals surface area contributed by atoms with E-state index in [2.05, 4.69) is 17.1 Å². The first kappa shape index (κ1) is 15.0. The summed E-state index contributed by atoms with van der Waals surface area (Å²) in [5.74, 6) is 0. The molecule has 0 aromatic heterocycles. The zero-order valence-electron chi connectivity index (χ0n) is 7.88. The Morgan fingerprint density at radius 1 is 1.25 bits per heavy atom. The lowest BCUT2D eigenvalue weighted by molar-refractivity contribution is 0.255. The van der Waals surface area contributed by atoms with Crippen LogP contribution in [-0.4, -0.2) is 37.6 Å². The molecule has 1 fully saturated rings. The molecule has 4 heteroatoms. The molecule has 1 saturated heterocycles. The second kappa shape index (κ2) is 8.11. The molecule has 1 aliphatic rings. The van der Waals surface area contributed by atoms with Crippen molar-refractivity contribution in [3.63, 3.8) is 0 Å². The van der Waals surface area contributed by atoms with Gasteiger partial charge in [-0.3, -0.25) is 4.90 Å². The van der Waals surface area contributed by atoms with Crippen molar-refractivity contribution in [2.75, 3.05) is 26.7 Å². The summed E-state index contributed by atoms with van der Waals surface area (Å²) < 4.78 is 0. The zero-order valence-corrected chi connectivity index (χ0v) is 9.51. The van der Waals surface area contributed by atoms with Gasteiger partial charge in [-0.25, -0.2) is 0 Å². The molecular formula is C8H20Cl2N2. The molecule has 1 rings (SSSR count). The number of nitrogens with zero attached hydrogens (tertiary/aromatic N) is 1. The molecule has 76 valence electrons. The van der Waals surface area contributed by atoms with Gasteiger partial charge in [0.2, 0.25) is 0 Å². The van der Waals surface area contributed by atoms with Crippen LogP contribution in [0.1, 0.15) is 19.8 Å². The van der Waals surface area contributed by atoms with Crippen LogP contribution in [-0.2, 0) is 0 Å². The minimum atomic E-state index is 0. The summed E-state index contributed by atoms with van der Waals surface area (Å²) >= 11 is 0. The van der Waals surface area contributed by atoms with Gasteiger partial charge >= 0.3 is 0 Å². The van der Waals surface area contributed by atoms with Crippen LogP contribution < -0.4 is 5.32 Å². The SMILES string of the molecule is CNCC(C)N1CCCC1.Cl.Cl. The van der Waals surface area contributed by atoms with Crippen LogP contribution in [0.5, 0.6) is 0 Å². The Bertz CT molecular complexity index is 95.1. The lowest BCUT2D eigenvalue weighted by Crippen LogP contribution is -2.37. The maximum Gasteiger partial charge on any atom is 0.0192 e. The molecule has 0 aromatic rings. The van der Waals surface area contributed by atoms with Gasteiger partial charge < -0.3 is 5.32 Å². The van der Waals surface area contributed by atoms with E-state index in [1.807, 2.05) is 7.05 Å². The number of nitrogens with one attached hydrogen (secondary N) is 1. The second-order valence-electron chi connectivity index (χ2n) is 3.15. The summed E-state index contributed by atoms with van der Waals surface area (Å²) in [7, 11) is 2.02. The predicted octanol–water partition coefficient (Wildman–Crippen LogP) is 1.53. The fourth-order valence-corrected chi connectivity index (χ4v) is 1.61. The second-order valence-corrected chi connectivity index (χ2v) is 3.15. The average molecular weight is 215 g/mol. The molecule has 0 aromatic carbocycles. The van der Waals surface area contributed by atoms with Gasteiger partial charge in [0.15, 0.2) is 0 Å². The van der Waals surface area contributed by atoms with Gasteiger partial charge in [-0.05, 0) is 39.9 Å². The average Bonchev–Trinajstić information content (AvgIpc) is 2.38. The van der Waals surface area contributed by atoms with E-state index in [1.165, 1.54) is 25.9 Å². The molecule has 0 bridgehead atoms. The Kier molecular flexibility index (Phi) is 10.1. The van der Waals surface area contributed by atoms with E-state index < -0.39 is 0 Å². The maximum atomic E-state index is 3.20. The first-order valence-corrected chi connectivity index (χ1v) is 4.23. The highest BCUT2D eigenvalue weighted by Crippen LogP contribution is 2.10. The molecule has 0 aliphatic carbocycles. The molecule has 1 heterocycles. The standard InChI is InChI=1S/C8H18N2.2ClH/c1-8(7-9-2)10-5-3-4-6-10;;/h8-9H,3-7H2,1-2H3;2*1H. The molecule has 1 aliphatic heterocycles. The van der Waals surface area contributed by atoms with E-state index >= 15 is 0 Å². The van der Waals surface area contributed by atoms with Crippen LogP contribution >= 0.6 is 24.8 Å². The van der Waals surface area contributed by atoms with Crippen LogP contribution in [0.15, 0.2) is 0 Å². The molecule has 1 N–H and O–H groups in total. The highest BCUT2D eigenvalue weighted by molar-refractivity contribution is 5.85.